The van der Waals surface area contributed by atoms with E-state index in [0.29, 0.717) is 6.61 Å². The lowest BCUT2D eigenvalue weighted by Gasteiger charge is -2.07. The van der Waals surface area contributed by atoms with Crippen LogP contribution in [0.5, 0.6) is 5.75 Å². The predicted octanol–water partition coefficient (Wildman–Crippen LogP) is 2.80. The molecule has 0 bridgehead atoms. The van der Waals surface area contributed by atoms with Gasteiger partial charge in [0.05, 0.1) is 24.0 Å². The topological polar surface area (TPSA) is 39.6 Å². The van der Waals surface area contributed by atoms with Crippen molar-refractivity contribution in [2.75, 3.05) is 13.2 Å². The zero-order chi connectivity index (χ0) is 13.4. The number of para-hydroxylation sites is 1. The first kappa shape index (κ1) is 11.5. The van der Waals surface area contributed by atoms with Crippen LogP contribution in [0.2, 0.25) is 0 Å². The van der Waals surface area contributed by atoms with Crippen LogP contribution in [-0.4, -0.2) is 29.1 Å². The fourth-order valence-electron chi connectivity index (χ4n) is 2.21. The Labute approximate surface area is 116 Å². The van der Waals surface area contributed by atoms with Gasteiger partial charge in [0.15, 0.2) is 0 Å². The lowest BCUT2D eigenvalue weighted by molar-refractivity contribution is 0.263. The van der Waals surface area contributed by atoms with E-state index in [2.05, 4.69) is 17.2 Å². The van der Waals surface area contributed by atoms with Gasteiger partial charge in [-0.15, -0.1) is 0 Å². The molecule has 20 heavy (non-hydrogen) atoms. The van der Waals surface area contributed by atoms with E-state index in [1.165, 1.54) is 0 Å². The fourth-order valence-corrected chi connectivity index (χ4v) is 2.21. The van der Waals surface area contributed by atoms with Crippen LogP contribution in [0.4, 0.5) is 0 Å². The summed E-state index contributed by atoms with van der Waals surface area (Å²) in [7, 11) is 0. The Bertz CT molecular complexity index is 730. The number of nitrogens with zero attached hydrogens (tertiary/aromatic N) is 2. The van der Waals surface area contributed by atoms with Gasteiger partial charge < -0.3 is 9.47 Å². The Morgan fingerprint density at radius 1 is 1.15 bits per heavy atom. The molecule has 4 rings (SSSR count). The molecule has 0 N–H and O–H groups in total. The van der Waals surface area contributed by atoms with Crippen LogP contribution in [0.15, 0.2) is 54.7 Å². The number of hydrogen-bond donors (Lipinski definition) is 0. The van der Waals surface area contributed by atoms with Crippen molar-refractivity contribution in [3.05, 3.63) is 54.7 Å². The van der Waals surface area contributed by atoms with Crippen molar-refractivity contribution < 1.29 is 9.47 Å². The number of rotatable bonds is 4. The van der Waals surface area contributed by atoms with Crippen molar-refractivity contribution in [3.8, 4) is 11.4 Å². The number of ether oxygens (including phenoxy) is 2. The molecular formula is C16H14N2O2. The number of epoxide rings is 1. The third-order valence-electron chi connectivity index (χ3n) is 3.40. The maximum Gasteiger partial charge on any atom is 0.119 e. The Kier molecular flexibility index (Phi) is 2.67. The standard InChI is InChI=1S/C16H14N2O2/c1-2-4-16-12(3-1)9-17-18(16)13-5-7-14(8-6-13)19-10-15-11-20-15/h1-9,15H,10-11H2. The van der Waals surface area contributed by atoms with Crippen molar-refractivity contribution in [1.29, 1.82) is 0 Å². The molecule has 4 heteroatoms. The van der Waals surface area contributed by atoms with E-state index in [4.69, 9.17) is 9.47 Å². The van der Waals surface area contributed by atoms with Crippen molar-refractivity contribution in [2.24, 2.45) is 0 Å². The van der Waals surface area contributed by atoms with E-state index in [1.54, 1.807) is 0 Å². The highest BCUT2D eigenvalue weighted by Gasteiger charge is 2.22. The summed E-state index contributed by atoms with van der Waals surface area (Å²) in [6, 6.07) is 16.1. The first-order valence-corrected chi connectivity index (χ1v) is 6.68. The van der Waals surface area contributed by atoms with Gasteiger partial charge in [-0.2, -0.15) is 5.10 Å². The lowest BCUT2D eigenvalue weighted by atomic mass is 10.2. The molecule has 4 nitrogen and oxygen atoms in total. The predicted molar refractivity (Wildman–Crippen MR) is 76.3 cm³/mol. The zero-order valence-electron chi connectivity index (χ0n) is 10.9. The van der Waals surface area contributed by atoms with Gasteiger partial charge in [0.1, 0.15) is 18.5 Å². The molecule has 1 atom stereocenters. The van der Waals surface area contributed by atoms with Crippen LogP contribution in [-0.2, 0) is 4.74 Å². The quantitative estimate of drug-likeness (QED) is 0.682. The van der Waals surface area contributed by atoms with Crippen molar-refractivity contribution in [1.82, 2.24) is 9.78 Å². The van der Waals surface area contributed by atoms with Gasteiger partial charge in [-0.1, -0.05) is 18.2 Å². The lowest BCUT2D eigenvalue weighted by Crippen LogP contribution is -2.04. The molecule has 0 saturated carbocycles. The SMILES string of the molecule is c1ccc2c(c1)cnn2-c1ccc(OCC2CO2)cc1. The smallest absolute Gasteiger partial charge is 0.119 e. The average Bonchev–Trinajstić information content (AvgIpc) is 3.23. The van der Waals surface area contributed by atoms with Gasteiger partial charge >= 0.3 is 0 Å². The zero-order valence-corrected chi connectivity index (χ0v) is 10.9. The van der Waals surface area contributed by atoms with E-state index in [-0.39, 0.29) is 6.10 Å². The molecule has 0 amide bonds. The van der Waals surface area contributed by atoms with Gasteiger partial charge in [0.2, 0.25) is 0 Å². The van der Waals surface area contributed by atoms with Crippen molar-refractivity contribution in [2.45, 2.75) is 6.10 Å². The minimum atomic E-state index is 0.282. The number of benzene rings is 2. The molecule has 3 aromatic rings. The Morgan fingerprint density at radius 3 is 2.75 bits per heavy atom. The summed E-state index contributed by atoms with van der Waals surface area (Å²) in [6.07, 6.45) is 2.16. The second-order valence-electron chi connectivity index (χ2n) is 4.88. The van der Waals surface area contributed by atoms with Crippen LogP contribution in [0.3, 0.4) is 0 Å². The first-order chi connectivity index (χ1) is 9.90. The molecule has 1 unspecified atom stereocenters. The third-order valence-corrected chi connectivity index (χ3v) is 3.40. The van der Waals surface area contributed by atoms with Gasteiger partial charge in [0.25, 0.3) is 0 Å². The first-order valence-electron chi connectivity index (χ1n) is 6.68. The number of hydrogen-bond acceptors (Lipinski definition) is 3. The molecule has 100 valence electrons. The Morgan fingerprint density at radius 2 is 1.95 bits per heavy atom. The number of aromatic nitrogens is 2. The summed E-state index contributed by atoms with van der Waals surface area (Å²) in [5.74, 6) is 0.862. The minimum absolute atomic E-state index is 0.282. The minimum Gasteiger partial charge on any atom is -0.491 e. The molecule has 1 aliphatic heterocycles. The third kappa shape index (κ3) is 2.14. The number of fused-ring (bicyclic) bond motifs is 1. The maximum absolute atomic E-state index is 5.64. The van der Waals surface area contributed by atoms with Gasteiger partial charge in [-0.05, 0) is 30.3 Å². The molecule has 1 aromatic heterocycles. The molecule has 2 aromatic carbocycles. The van der Waals surface area contributed by atoms with Crippen LogP contribution < -0.4 is 4.74 Å². The summed E-state index contributed by atoms with van der Waals surface area (Å²) in [6.45, 7) is 1.45. The van der Waals surface area contributed by atoms with Crippen LogP contribution in [0.25, 0.3) is 16.6 Å². The molecule has 0 spiro atoms. The summed E-state index contributed by atoms with van der Waals surface area (Å²) >= 11 is 0. The molecule has 0 radical (unpaired) electrons. The van der Waals surface area contributed by atoms with E-state index in [0.717, 1.165) is 28.9 Å². The van der Waals surface area contributed by atoms with E-state index >= 15 is 0 Å². The molecule has 1 saturated heterocycles. The van der Waals surface area contributed by atoms with Crippen LogP contribution in [0.1, 0.15) is 0 Å². The van der Waals surface area contributed by atoms with Gasteiger partial charge in [-0.25, -0.2) is 4.68 Å². The Balaban J connectivity index is 1.61. The van der Waals surface area contributed by atoms with Gasteiger partial charge in [-0.3, -0.25) is 0 Å². The highest BCUT2D eigenvalue weighted by atomic mass is 16.6. The average molecular weight is 266 g/mol. The Hall–Kier alpha value is -2.33. The molecule has 1 fully saturated rings. The van der Waals surface area contributed by atoms with Crippen molar-refractivity contribution >= 4 is 10.9 Å². The second kappa shape index (κ2) is 4.65. The van der Waals surface area contributed by atoms with E-state index in [1.807, 2.05) is 47.3 Å². The largest absolute Gasteiger partial charge is 0.491 e. The van der Waals surface area contributed by atoms with E-state index in [9.17, 15) is 0 Å². The normalized spacial score (nSPS) is 17.3. The fraction of sp³-hybridized carbons (Fsp3) is 0.188. The highest BCUT2D eigenvalue weighted by molar-refractivity contribution is 5.80. The summed E-state index contributed by atoms with van der Waals surface area (Å²) < 4.78 is 12.7. The molecule has 0 aliphatic carbocycles. The summed E-state index contributed by atoms with van der Waals surface area (Å²) in [4.78, 5) is 0. The second-order valence-corrected chi connectivity index (χ2v) is 4.88. The maximum atomic E-state index is 5.64. The van der Waals surface area contributed by atoms with E-state index < -0.39 is 0 Å². The monoisotopic (exact) mass is 266 g/mol. The van der Waals surface area contributed by atoms with Crippen LogP contribution in [0, 0.1) is 0 Å². The summed E-state index contributed by atoms with van der Waals surface area (Å²) in [5, 5.41) is 5.57. The highest BCUT2D eigenvalue weighted by Crippen LogP contribution is 2.21. The van der Waals surface area contributed by atoms with Gasteiger partial charge in [0, 0.05) is 5.39 Å². The van der Waals surface area contributed by atoms with Crippen molar-refractivity contribution in [3.63, 3.8) is 0 Å². The molecule has 1 aliphatic rings. The summed E-state index contributed by atoms with van der Waals surface area (Å²) in [5.41, 5.74) is 2.13. The van der Waals surface area contributed by atoms with Crippen LogP contribution >= 0.6 is 0 Å². The molecular weight excluding hydrogens is 252 g/mol. The molecule has 2 heterocycles.